The lowest BCUT2D eigenvalue weighted by Crippen LogP contribution is -2.23. The predicted molar refractivity (Wildman–Crippen MR) is 63.4 cm³/mol. The summed E-state index contributed by atoms with van der Waals surface area (Å²) in [6.07, 6.45) is 1.02. The molecule has 14 heavy (non-hydrogen) atoms. The first-order valence-electron chi connectivity index (χ1n) is 4.54. The first-order valence-corrected chi connectivity index (χ1v) is 4.54. The van der Waals surface area contributed by atoms with Gasteiger partial charge in [0, 0.05) is 12.1 Å². The Labute approximate surface area is 92.3 Å². The van der Waals surface area contributed by atoms with E-state index in [0.29, 0.717) is 6.04 Å². The highest BCUT2D eigenvalue weighted by molar-refractivity contribution is 5.85. The van der Waals surface area contributed by atoms with Gasteiger partial charge in [-0.2, -0.15) is 0 Å². The Morgan fingerprint density at radius 1 is 1.29 bits per heavy atom. The second-order valence-corrected chi connectivity index (χ2v) is 3.11. The fourth-order valence-electron chi connectivity index (χ4n) is 1.21. The van der Waals surface area contributed by atoms with E-state index in [-0.39, 0.29) is 12.4 Å². The molecule has 0 saturated carbocycles. The van der Waals surface area contributed by atoms with Gasteiger partial charge in [0.1, 0.15) is 0 Å². The van der Waals surface area contributed by atoms with Gasteiger partial charge in [0.15, 0.2) is 0 Å². The van der Waals surface area contributed by atoms with Gasteiger partial charge in [0.25, 0.3) is 0 Å². The second-order valence-electron chi connectivity index (χ2n) is 3.11. The molecule has 76 valence electrons. The van der Waals surface area contributed by atoms with E-state index in [1.165, 1.54) is 5.56 Å². The Balaban J connectivity index is 0.00000169. The van der Waals surface area contributed by atoms with Crippen molar-refractivity contribution in [2.24, 2.45) is 0 Å². The first kappa shape index (κ1) is 12.9. The minimum atomic E-state index is 0. The summed E-state index contributed by atoms with van der Waals surface area (Å²) in [5.41, 5.74) is 1.35. The Kier molecular flexibility index (Phi) is 6.70. The third-order valence-corrected chi connectivity index (χ3v) is 1.83. The molecular weight excluding hydrogens is 194 g/mol. The van der Waals surface area contributed by atoms with Crippen molar-refractivity contribution < 1.29 is 0 Å². The maximum absolute atomic E-state index is 3.12. The van der Waals surface area contributed by atoms with Gasteiger partial charge in [0.2, 0.25) is 0 Å². The van der Waals surface area contributed by atoms with E-state index in [2.05, 4.69) is 48.5 Å². The average Bonchev–Trinajstić information content (AvgIpc) is 2.16. The van der Waals surface area contributed by atoms with E-state index >= 15 is 0 Å². The topological polar surface area (TPSA) is 12.0 Å². The normalized spacial score (nSPS) is 10.4. The van der Waals surface area contributed by atoms with E-state index in [4.69, 9.17) is 0 Å². The number of hydrogen-bond donors (Lipinski definition) is 1. The molecule has 1 atom stereocenters. The first-order chi connectivity index (χ1) is 6.33. The molecule has 1 aromatic rings. The Morgan fingerprint density at radius 2 is 1.93 bits per heavy atom. The van der Waals surface area contributed by atoms with Crippen molar-refractivity contribution >= 4 is 12.4 Å². The van der Waals surface area contributed by atoms with Gasteiger partial charge in [-0.1, -0.05) is 36.3 Å². The molecule has 0 aliphatic carbocycles. The molecule has 0 aliphatic rings. The van der Waals surface area contributed by atoms with E-state index in [0.717, 1.165) is 6.42 Å². The van der Waals surface area contributed by atoms with E-state index in [9.17, 15) is 0 Å². The van der Waals surface area contributed by atoms with E-state index in [1.54, 1.807) is 0 Å². The zero-order chi connectivity index (χ0) is 9.52. The molecule has 1 rings (SSSR count). The molecule has 0 saturated heterocycles. The molecule has 0 fully saturated rings. The van der Waals surface area contributed by atoms with Crippen molar-refractivity contribution in [1.29, 1.82) is 0 Å². The molecule has 1 N–H and O–H groups in total. The van der Waals surface area contributed by atoms with Gasteiger partial charge < -0.3 is 5.32 Å². The molecule has 0 aliphatic heterocycles. The highest BCUT2D eigenvalue weighted by Gasteiger charge is 1.99. The molecule has 0 bridgehead atoms. The standard InChI is InChI=1S/C12H15N.ClH/c1-3-9-13-11(2)10-12-7-5-4-6-8-12;/h4-8,11,13H,10H2,1-2H3;1H. The van der Waals surface area contributed by atoms with Crippen LogP contribution in [0.25, 0.3) is 0 Å². The third-order valence-electron chi connectivity index (χ3n) is 1.83. The van der Waals surface area contributed by atoms with Crippen LogP contribution in [-0.4, -0.2) is 6.04 Å². The summed E-state index contributed by atoms with van der Waals surface area (Å²) >= 11 is 0. The molecule has 0 radical (unpaired) electrons. The lowest BCUT2D eigenvalue weighted by Gasteiger charge is -2.09. The second kappa shape index (κ2) is 7.29. The van der Waals surface area contributed by atoms with Crippen LogP contribution in [0.4, 0.5) is 0 Å². The highest BCUT2D eigenvalue weighted by atomic mass is 35.5. The fourth-order valence-corrected chi connectivity index (χ4v) is 1.21. The van der Waals surface area contributed by atoms with Gasteiger partial charge in [-0.25, -0.2) is 0 Å². The van der Waals surface area contributed by atoms with Crippen LogP contribution in [0, 0.1) is 12.0 Å². The van der Waals surface area contributed by atoms with Crippen molar-refractivity contribution in [3.8, 4) is 12.0 Å². The van der Waals surface area contributed by atoms with Gasteiger partial charge >= 0.3 is 0 Å². The lowest BCUT2D eigenvalue weighted by molar-refractivity contribution is 0.650. The summed E-state index contributed by atoms with van der Waals surface area (Å²) in [6.45, 7) is 3.97. The van der Waals surface area contributed by atoms with Crippen LogP contribution in [0.2, 0.25) is 0 Å². The molecule has 1 unspecified atom stereocenters. The van der Waals surface area contributed by atoms with Crippen LogP contribution in [0.5, 0.6) is 0 Å². The summed E-state index contributed by atoms with van der Waals surface area (Å²) in [5, 5.41) is 3.12. The van der Waals surface area contributed by atoms with Crippen molar-refractivity contribution in [2.45, 2.75) is 26.3 Å². The molecule has 0 amide bonds. The van der Waals surface area contributed by atoms with Crippen LogP contribution < -0.4 is 5.32 Å². The number of hydrogen-bond acceptors (Lipinski definition) is 1. The van der Waals surface area contributed by atoms with Crippen molar-refractivity contribution in [1.82, 2.24) is 5.32 Å². The fraction of sp³-hybridized carbons (Fsp3) is 0.333. The van der Waals surface area contributed by atoms with Crippen LogP contribution >= 0.6 is 12.4 Å². The monoisotopic (exact) mass is 209 g/mol. The largest absolute Gasteiger partial charge is 0.343 e. The Bertz CT molecular complexity index is 297. The molecular formula is C12H16ClN. The van der Waals surface area contributed by atoms with Gasteiger partial charge in [0.05, 0.1) is 0 Å². The number of nitrogens with one attached hydrogen (secondary N) is 1. The summed E-state index contributed by atoms with van der Waals surface area (Å²) in [4.78, 5) is 0. The number of benzene rings is 1. The van der Waals surface area contributed by atoms with Crippen molar-refractivity contribution in [3.63, 3.8) is 0 Å². The van der Waals surface area contributed by atoms with Gasteiger partial charge in [-0.15, -0.1) is 12.4 Å². The zero-order valence-electron chi connectivity index (χ0n) is 8.58. The lowest BCUT2D eigenvalue weighted by atomic mass is 10.1. The zero-order valence-corrected chi connectivity index (χ0v) is 9.40. The molecule has 0 spiro atoms. The third kappa shape index (κ3) is 4.79. The SMILES string of the molecule is CC#CNC(C)Cc1ccccc1.Cl. The van der Waals surface area contributed by atoms with Crippen LogP contribution in [0.1, 0.15) is 19.4 Å². The summed E-state index contributed by atoms with van der Waals surface area (Å²) in [6, 6.07) is 13.7. The summed E-state index contributed by atoms with van der Waals surface area (Å²) in [7, 11) is 0. The Hall–Kier alpha value is -1.13. The van der Waals surface area contributed by atoms with Crippen LogP contribution in [-0.2, 0) is 6.42 Å². The smallest absolute Gasteiger partial charge is 0.0352 e. The van der Waals surface area contributed by atoms with Gasteiger partial charge in [-0.05, 0) is 25.8 Å². The minimum absolute atomic E-state index is 0. The molecule has 0 heterocycles. The van der Waals surface area contributed by atoms with Gasteiger partial charge in [-0.3, -0.25) is 0 Å². The molecule has 0 aromatic heterocycles. The molecule has 1 aromatic carbocycles. The maximum Gasteiger partial charge on any atom is 0.0352 e. The van der Waals surface area contributed by atoms with Crippen molar-refractivity contribution in [3.05, 3.63) is 35.9 Å². The van der Waals surface area contributed by atoms with Crippen LogP contribution in [0.3, 0.4) is 0 Å². The Morgan fingerprint density at radius 3 is 2.50 bits per heavy atom. The predicted octanol–water partition coefficient (Wildman–Crippen LogP) is 2.61. The van der Waals surface area contributed by atoms with Crippen molar-refractivity contribution in [2.75, 3.05) is 0 Å². The number of halogens is 1. The van der Waals surface area contributed by atoms with Crippen LogP contribution in [0.15, 0.2) is 30.3 Å². The maximum atomic E-state index is 3.12. The number of rotatable bonds is 3. The molecule has 1 nitrogen and oxygen atoms in total. The minimum Gasteiger partial charge on any atom is -0.343 e. The summed E-state index contributed by atoms with van der Waals surface area (Å²) < 4.78 is 0. The van der Waals surface area contributed by atoms with E-state index in [1.807, 2.05) is 13.0 Å². The quantitative estimate of drug-likeness (QED) is 0.596. The summed E-state index contributed by atoms with van der Waals surface area (Å²) in [5.74, 6) is 2.82. The average molecular weight is 210 g/mol. The molecule has 2 heteroatoms. The highest BCUT2D eigenvalue weighted by Crippen LogP contribution is 2.01. The van der Waals surface area contributed by atoms with E-state index < -0.39 is 0 Å².